The van der Waals surface area contributed by atoms with Crippen LogP contribution in [0.25, 0.3) is 0 Å². The molecular weight excluding hydrogens is 284 g/mol. The molecule has 0 aromatic carbocycles. The van der Waals surface area contributed by atoms with E-state index >= 15 is 0 Å². The Morgan fingerprint density at radius 1 is 0.818 bits per heavy atom. The van der Waals surface area contributed by atoms with Gasteiger partial charge in [0, 0.05) is 39.3 Å². The highest BCUT2D eigenvalue weighted by Gasteiger charge is 1.94. The minimum absolute atomic E-state index is 0.253. The van der Waals surface area contributed by atoms with Crippen LogP contribution in [0.2, 0.25) is 0 Å². The van der Waals surface area contributed by atoms with Gasteiger partial charge < -0.3 is 25.8 Å². The van der Waals surface area contributed by atoms with Gasteiger partial charge in [0.25, 0.3) is 0 Å². The van der Waals surface area contributed by atoms with Crippen molar-refractivity contribution in [2.24, 2.45) is 0 Å². The molecule has 0 aliphatic rings. The average Bonchev–Trinajstić information content (AvgIpc) is 2.50. The van der Waals surface area contributed by atoms with Crippen molar-refractivity contribution in [3.05, 3.63) is 0 Å². The van der Waals surface area contributed by atoms with E-state index in [0.29, 0.717) is 0 Å². The van der Waals surface area contributed by atoms with Crippen molar-refractivity contribution in [1.29, 1.82) is 0 Å². The second-order valence-electron chi connectivity index (χ2n) is 5.20. The number of aliphatic carboxylic acids is 1. The summed E-state index contributed by atoms with van der Waals surface area (Å²) in [5.41, 5.74) is 0. The standard InChI is InChI=1S/C15H34N4O3/c1-2-3-4-5-6-16-7-8-17-9-10-18-11-12-19-14-22-13-15(20)21/h16-19H,2-14H2,1H3,(H,20,21). The van der Waals surface area contributed by atoms with Crippen LogP contribution in [0.4, 0.5) is 0 Å². The highest BCUT2D eigenvalue weighted by Crippen LogP contribution is 1.96. The van der Waals surface area contributed by atoms with Gasteiger partial charge >= 0.3 is 5.97 Å². The first kappa shape index (κ1) is 21.3. The summed E-state index contributed by atoms with van der Waals surface area (Å²) in [7, 11) is 0. The fraction of sp³-hybridized carbons (Fsp3) is 0.933. The number of hydrogen-bond acceptors (Lipinski definition) is 6. The van der Waals surface area contributed by atoms with E-state index in [1.165, 1.54) is 25.7 Å². The number of carboxylic acid groups (broad SMARTS) is 1. The molecule has 22 heavy (non-hydrogen) atoms. The van der Waals surface area contributed by atoms with Gasteiger partial charge in [0.2, 0.25) is 0 Å². The first-order valence-corrected chi connectivity index (χ1v) is 8.39. The molecule has 7 heteroatoms. The summed E-state index contributed by atoms with van der Waals surface area (Å²) >= 11 is 0. The second kappa shape index (κ2) is 18.3. The first-order chi connectivity index (χ1) is 10.8. The van der Waals surface area contributed by atoms with E-state index in [0.717, 1.165) is 45.8 Å². The fourth-order valence-electron chi connectivity index (χ4n) is 1.86. The Hall–Kier alpha value is -0.730. The minimum Gasteiger partial charge on any atom is -0.480 e. The van der Waals surface area contributed by atoms with Crippen LogP contribution in [-0.4, -0.2) is 70.2 Å². The van der Waals surface area contributed by atoms with Gasteiger partial charge in [0.1, 0.15) is 6.61 Å². The largest absolute Gasteiger partial charge is 0.480 e. The van der Waals surface area contributed by atoms with Crippen LogP contribution >= 0.6 is 0 Å². The topological polar surface area (TPSA) is 94.6 Å². The Labute approximate surface area is 134 Å². The molecule has 0 fully saturated rings. The number of nitrogens with one attached hydrogen (secondary N) is 4. The van der Waals surface area contributed by atoms with E-state index < -0.39 is 5.97 Å². The van der Waals surface area contributed by atoms with Gasteiger partial charge in [-0.1, -0.05) is 26.2 Å². The molecule has 0 spiro atoms. The maximum Gasteiger partial charge on any atom is 0.329 e. The van der Waals surface area contributed by atoms with Crippen LogP contribution in [-0.2, 0) is 9.53 Å². The monoisotopic (exact) mass is 318 g/mol. The van der Waals surface area contributed by atoms with Crippen LogP contribution in [0, 0.1) is 0 Å². The van der Waals surface area contributed by atoms with Gasteiger partial charge in [-0.3, -0.25) is 5.32 Å². The minimum atomic E-state index is -0.943. The van der Waals surface area contributed by atoms with Crippen molar-refractivity contribution in [2.75, 3.05) is 59.2 Å². The van der Waals surface area contributed by atoms with E-state index in [-0.39, 0.29) is 13.3 Å². The number of hydrogen-bond donors (Lipinski definition) is 5. The second-order valence-corrected chi connectivity index (χ2v) is 5.20. The molecule has 0 aromatic heterocycles. The molecule has 0 unspecified atom stereocenters. The summed E-state index contributed by atoms with van der Waals surface area (Å²) in [4.78, 5) is 10.2. The zero-order valence-corrected chi connectivity index (χ0v) is 14.0. The maximum atomic E-state index is 10.2. The molecule has 0 saturated carbocycles. The predicted molar refractivity (Wildman–Crippen MR) is 89.2 cm³/mol. The maximum absolute atomic E-state index is 10.2. The van der Waals surface area contributed by atoms with E-state index in [4.69, 9.17) is 9.84 Å². The number of carboxylic acids is 1. The predicted octanol–water partition coefficient (Wildman–Crippen LogP) is -0.0162. The van der Waals surface area contributed by atoms with Crippen LogP contribution in [0.1, 0.15) is 32.6 Å². The quantitative estimate of drug-likeness (QED) is 0.179. The summed E-state index contributed by atoms with van der Waals surface area (Å²) in [5.74, 6) is -0.943. The molecule has 0 radical (unpaired) electrons. The number of ether oxygens (including phenoxy) is 1. The zero-order valence-electron chi connectivity index (χ0n) is 14.0. The van der Waals surface area contributed by atoms with Crippen molar-refractivity contribution in [3.8, 4) is 0 Å². The van der Waals surface area contributed by atoms with Crippen LogP contribution in [0.15, 0.2) is 0 Å². The molecule has 0 heterocycles. The van der Waals surface area contributed by atoms with Crippen molar-refractivity contribution in [2.45, 2.75) is 32.6 Å². The molecule has 7 nitrogen and oxygen atoms in total. The highest BCUT2D eigenvalue weighted by molar-refractivity contribution is 5.67. The molecule has 0 bridgehead atoms. The van der Waals surface area contributed by atoms with Crippen molar-refractivity contribution in [3.63, 3.8) is 0 Å². The van der Waals surface area contributed by atoms with Crippen molar-refractivity contribution < 1.29 is 14.6 Å². The van der Waals surface area contributed by atoms with Crippen LogP contribution < -0.4 is 21.3 Å². The summed E-state index contributed by atoms with van der Waals surface area (Å²) in [6, 6.07) is 0. The number of rotatable bonds is 18. The van der Waals surface area contributed by atoms with Crippen molar-refractivity contribution in [1.82, 2.24) is 21.3 Å². The third-order valence-corrected chi connectivity index (χ3v) is 3.07. The molecule has 0 aliphatic heterocycles. The summed E-state index contributed by atoms with van der Waals surface area (Å²) in [6.07, 6.45) is 5.24. The Morgan fingerprint density at radius 2 is 1.36 bits per heavy atom. The molecule has 0 amide bonds. The third-order valence-electron chi connectivity index (χ3n) is 3.07. The number of carbonyl (C=O) groups is 1. The van der Waals surface area contributed by atoms with Gasteiger partial charge in [0.15, 0.2) is 0 Å². The lowest BCUT2D eigenvalue weighted by Crippen LogP contribution is -2.35. The van der Waals surface area contributed by atoms with Gasteiger partial charge in [-0.2, -0.15) is 0 Å². The lowest BCUT2D eigenvalue weighted by atomic mass is 10.2. The number of unbranched alkanes of at least 4 members (excludes halogenated alkanes) is 3. The Kier molecular flexibility index (Phi) is 17.7. The Balaban J connectivity index is 2.95. The van der Waals surface area contributed by atoms with Gasteiger partial charge in [-0.05, 0) is 13.0 Å². The normalized spacial score (nSPS) is 11.0. The molecule has 0 saturated heterocycles. The fourth-order valence-corrected chi connectivity index (χ4v) is 1.86. The summed E-state index contributed by atoms with van der Waals surface area (Å²) in [6.45, 7) is 8.87. The summed E-state index contributed by atoms with van der Waals surface area (Å²) in [5, 5.41) is 21.5. The molecule has 0 atom stereocenters. The average molecular weight is 318 g/mol. The van der Waals surface area contributed by atoms with E-state index in [1.807, 2.05) is 0 Å². The van der Waals surface area contributed by atoms with Gasteiger partial charge in [-0.25, -0.2) is 4.79 Å². The molecule has 132 valence electrons. The lowest BCUT2D eigenvalue weighted by molar-refractivity contribution is -0.142. The van der Waals surface area contributed by atoms with E-state index in [9.17, 15) is 4.79 Å². The molecule has 0 aliphatic carbocycles. The zero-order chi connectivity index (χ0) is 16.3. The SMILES string of the molecule is CCCCCCNCCNCCNCCNCOCC(=O)O. The van der Waals surface area contributed by atoms with Gasteiger partial charge in [-0.15, -0.1) is 0 Å². The van der Waals surface area contributed by atoms with Crippen LogP contribution in [0.3, 0.4) is 0 Å². The molecule has 5 N–H and O–H groups in total. The van der Waals surface area contributed by atoms with Gasteiger partial charge in [0.05, 0.1) is 6.73 Å². The smallest absolute Gasteiger partial charge is 0.329 e. The first-order valence-electron chi connectivity index (χ1n) is 8.39. The van der Waals surface area contributed by atoms with Crippen molar-refractivity contribution >= 4 is 5.97 Å². The molecular formula is C15H34N4O3. The molecule has 0 aromatic rings. The highest BCUT2D eigenvalue weighted by atomic mass is 16.5. The Morgan fingerprint density at radius 3 is 1.91 bits per heavy atom. The van der Waals surface area contributed by atoms with E-state index in [2.05, 4.69) is 28.2 Å². The molecule has 0 rings (SSSR count). The Bertz CT molecular complexity index is 243. The lowest BCUT2D eigenvalue weighted by Gasteiger charge is -2.08. The summed E-state index contributed by atoms with van der Waals surface area (Å²) < 4.78 is 4.85. The van der Waals surface area contributed by atoms with Crippen LogP contribution in [0.5, 0.6) is 0 Å². The third kappa shape index (κ3) is 19.3. The van der Waals surface area contributed by atoms with E-state index in [1.54, 1.807) is 0 Å².